The smallest absolute Gasteiger partial charge is 0.253 e. The van der Waals surface area contributed by atoms with Gasteiger partial charge in [0.15, 0.2) is 0 Å². The maximum Gasteiger partial charge on any atom is 0.253 e. The molecule has 0 bridgehead atoms. The van der Waals surface area contributed by atoms with Crippen LogP contribution >= 0.6 is 0 Å². The molecule has 0 heterocycles. The van der Waals surface area contributed by atoms with Crippen molar-refractivity contribution in [3.05, 3.63) is 29.8 Å². The van der Waals surface area contributed by atoms with E-state index >= 15 is 0 Å². The van der Waals surface area contributed by atoms with E-state index in [1.807, 2.05) is 7.05 Å². The van der Waals surface area contributed by atoms with Gasteiger partial charge in [0.05, 0.1) is 0 Å². The van der Waals surface area contributed by atoms with E-state index in [0.717, 1.165) is 13.0 Å². The van der Waals surface area contributed by atoms with Gasteiger partial charge in [-0.15, -0.1) is 0 Å². The van der Waals surface area contributed by atoms with Gasteiger partial charge in [-0.2, -0.15) is 0 Å². The topological polar surface area (TPSA) is 46.3 Å². The van der Waals surface area contributed by atoms with Gasteiger partial charge >= 0.3 is 0 Å². The van der Waals surface area contributed by atoms with Gasteiger partial charge in [-0.3, -0.25) is 4.79 Å². The summed E-state index contributed by atoms with van der Waals surface area (Å²) in [7, 11) is 1.84. The second kappa shape index (κ2) is 5.54. The van der Waals surface area contributed by atoms with Gasteiger partial charge in [0.1, 0.15) is 0 Å². The highest BCUT2D eigenvalue weighted by molar-refractivity contribution is 5.94. The Kier molecular flexibility index (Phi) is 4.35. The van der Waals surface area contributed by atoms with Crippen molar-refractivity contribution in [3.8, 4) is 0 Å². The Bertz CT molecular complexity index is 345. The largest absolute Gasteiger partial charge is 0.399 e. The molecule has 1 aromatic carbocycles. The van der Waals surface area contributed by atoms with Crippen LogP contribution in [0.25, 0.3) is 0 Å². The van der Waals surface area contributed by atoms with E-state index in [-0.39, 0.29) is 5.91 Å². The maximum atomic E-state index is 12.0. The Balaban J connectivity index is 2.67. The number of hydrogen-bond donors (Lipinski definition) is 1. The molecule has 1 amide bonds. The van der Waals surface area contributed by atoms with Crippen molar-refractivity contribution in [1.29, 1.82) is 0 Å². The summed E-state index contributed by atoms with van der Waals surface area (Å²) in [6, 6.07) is 7.05. The fourth-order valence-corrected chi connectivity index (χ4v) is 1.53. The van der Waals surface area contributed by atoms with Gasteiger partial charge in [-0.05, 0) is 30.2 Å². The van der Waals surface area contributed by atoms with Crippen LogP contribution in [0.15, 0.2) is 24.3 Å². The zero-order chi connectivity index (χ0) is 12.1. The molecular formula is C13H20N2O. The number of nitrogens with zero attached hydrogens (tertiary/aromatic N) is 1. The van der Waals surface area contributed by atoms with Crippen molar-refractivity contribution >= 4 is 11.6 Å². The number of carbonyl (C=O) groups excluding carboxylic acids is 1. The predicted molar refractivity (Wildman–Crippen MR) is 67.3 cm³/mol. The van der Waals surface area contributed by atoms with E-state index in [1.54, 1.807) is 29.2 Å². The van der Waals surface area contributed by atoms with E-state index in [2.05, 4.69) is 13.8 Å². The molecule has 1 aromatic rings. The normalized spacial score (nSPS) is 12.2. The zero-order valence-corrected chi connectivity index (χ0v) is 10.2. The second-order valence-corrected chi connectivity index (χ2v) is 4.32. The molecule has 1 rings (SSSR count). The standard InChI is InChI=1S/C13H20N2O/c1-4-10(2)9-15(3)13(16)11-5-7-12(14)8-6-11/h5-8,10H,4,9,14H2,1-3H3. The highest BCUT2D eigenvalue weighted by Gasteiger charge is 2.13. The molecule has 0 aliphatic carbocycles. The minimum Gasteiger partial charge on any atom is -0.399 e. The molecular weight excluding hydrogens is 200 g/mol. The summed E-state index contributed by atoms with van der Waals surface area (Å²) in [5.41, 5.74) is 6.96. The number of nitrogen functional groups attached to an aromatic ring is 1. The Morgan fingerprint density at radius 2 is 1.94 bits per heavy atom. The molecule has 0 saturated heterocycles. The lowest BCUT2D eigenvalue weighted by molar-refractivity contribution is 0.0775. The molecule has 1 atom stereocenters. The number of hydrogen-bond acceptors (Lipinski definition) is 2. The third-order valence-corrected chi connectivity index (χ3v) is 2.79. The maximum absolute atomic E-state index is 12.0. The average Bonchev–Trinajstić information content (AvgIpc) is 2.28. The molecule has 0 aromatic heterocycles. The molecule has 0 saturated carbocycles. The van der Waals surface area contributed by atoms with Crippen LogP contribution in [0, 0.1) is 5.92 Å². The number of rotatable bonds is 4. The van der Waals surface area contributed by atoms with Crippen LogP contribution in [-0.2, 0) is 0 Å². The monoisotopic (exact) mass is 220 g/mol. The van der Waals surface area contributed by atoms with Gasteiger partial charge in [0, 0.05) is 24.8 Å². The van der Waals surface area contributed by atoms with E-state index in [0.29, 0.717) is 17.2 Å². The van der Waals surface area contributed by atoms with Crippen LogP contribution in [0.3, 0.4) is 0 Å². The number of anilines is 1. The van der Waals surface area contributed by atoms with Gasteiger partial charge in [0.25, 0.3) is 5.91 Å². The molecule has 1 unspecified atom stereocenters. The molecule has 0 aliphatic heterocycles. The van der Waals surface area contributed by atoms with Crippen LogP contribution in [0.2, 0.25) is 0 Å². The van der Waals surface area contributed by atoms with Gasteiger partial charge in [-0.1, -0.05) is 20.3 Å². The quantitative estimate of drug-likeness (QED) is 0.792. The molecule has 0 fully saturated rings. The first kappa shape index (κ1) is 12.6. The third kappa shape index (κ3) is 3.26. The molecule has 0 radical (unpaired) electrons. The van der Waals surface area contributed by atoms with Crippen LogP contribution in [0.1, 0.15) is 30.6 Å². The van der Waals surface area contributed by atoms with Crippen molar-refractivity contribution in [1.82, 2.24) is 4.90 Å². The second-order valence-electron chi connectivity index (χ2n) is 4.32. The highest BCUT2D eigenvalue weighted by atomic mass is 16.2. The first-order valence-electron chi connectivity index (χ1n) is 5.65. The molecule has 3 heteroatoms. The van der Waals surface area contributed by atoms with Crippen molar-refractivity contribution < 1.29 is 4.79 Å². The molecule has 2 N–H and O–H groups in total. The number of nitrogens with two attached hydrogens (primary N) is 1. The van der Waals surface area contributed by atoms with Crippen LogP contribution in [0.5, 0.6) is 0 Å². The summed E-state index contributed by atoms with van der Waals surface area (Å²) in [4.78, 5) is 13.8. The molecule has 0 aliphatic rings. The Labute approximate surface area is 97.2 Å². The summed E-state index contributed by atoms with van der Waals surface area (Å²) < 4.78 is 0. The Hall–Kier alpha value is -1.51. The number of amides is 1. The summed E-state index contributed by atoms with van der Waals surface area (Å²) in [6.07, 6.45) is 1.08. The minimum atomic E-state index is 0.0558. The Morgan fingerprint density at radius 1 is 1.38 bits per heavy atom. The predicted octanol–water partition coefficient (Wildman–Crippen LogP) is 2.39. The van der Waals surface area contributed by atoms with E-state index < -0.39 is 0 Å². The third-order valence-electron chi connectivity index (χ3n) is 2.79. The molecule has 16 heavy (non-hydrogen) atoms. The SMILES string of the molecule is CCC(C)CN(C)C(=O)c1ccc(N)cc1. The fourth-order valence-electron chi connectivity index (χ4n) is 1.53. The summed E-state index contributed by atoms with van der Waals surface area (Å²) in [5, 5.41) is 0. The van der Waals surface area contributed by atoms with Crippen molar-refractivity contribution in [2.24, 2.45) is 5.92 Å². The van der Waals surface area contributed by atoms with Gasteiger partial charge < -0.3 is 10.6 Å². The zero-order valence-electron chi connectivity index (χ0n) is 10.2. The Morgan fingerprint density at radius 3 is 2.44 bits per heavy atom. The summed E-state index contributed by atoms with van der Waals surface area (Å²) >= 11 is 0. The van der Waals surface area contributed by atoms with E-state index in [9.17, 15) is 4.79 Å². The molecule has 3 nitrogen and oxygen atoms in total. The average molecular weight is 220 g/mol. The minimum absolute atomic E-state index is 0.0558. The first-order chi connectivity index (χ1) is 7.54. The number of benzene rings is 1. The summed E-state index contributed by atoms with van der Waals surface area (Å²) in [6.45, 7) is 5.07. The summed E-state index contributed by atoms with van der Waals surface area (Å²) in [5.74, 6) is 0.586. The van der Waals surface area contributed by atoms with Crippen LogP contribution in [-0.4, -0.2) is 24.4 Å². The fraction of sp³-hybridized carbons (Fsp3) is 0.462. The van der Waals surface area contributed by atoms with Crippen LogP contribution < -0.4 is 5.73 Å². The lowest BCUT2D eigenvalue weighted by Crippen LogP contribution is -2.30. The van der Waals surface area contributed by atoms with Crippen molar-refractivity contribution in [3.63, 3.8) is 0 Å². The first-order valence-corrected chi connectivity index (χ1v) is 5.65. The highest BCUT2D eigenvalue weighted by Crippen LogP contribution is 2.10. The van der Waals surface area contributed by atoms with E-state index in [4.69, 9.17) is 5.73 Å². The van der Waals surface area contributed by atoms with Gasteiger partial charge in [0.2, 0.25) is 0 Å². The molecule has 0 spiro atoms. The van der Waals surface area contributed by atoms with Crippen molar-refractivity contribution in [2.75, 3.05) is 19.3 Å². The van der Waals surface area contributed by atoms with Crippen molar-refractivity contribution in [2.45, 2.75) is 20.3 Å². The lowest BCUT2D eigenvalue weighted by atomic mass is 10.1. The van der Waals surface area contributed by atoms with Gasteiger partial charge in [-0.25, -0.2) is 0 Å². The number of carbonyl (C=O) groups is 1. The molecule has 88 valence electrons. The lowest BCUT2D eigenvalue weighted by Gasteiger charge is -2.20. The van der Waals surface area contributed by atoms with Crippen LogP contribution in [0.4, 0.5) is 5.69 Å². The van der Waals surface area contributed by atoms with E-state index in [1.165, 1.54) is 0 Å².